The third kappa shape index (κ3) is 13.6. The largest absolute Gasteiger partial charge is 0.870 e. The Labute approximate surface area is 87.0 Å². The smallest absolute Gasteiger partial charge is 0.246 e. The van der Waals surface area contributed by atoms with Crippen LogP contribution in [-0.4, -0.2) is 66.4 Å². The van der Waals surface area contributed by atoms with Crippen LogP contribution in [0.2, 0.25) is 0 Å². The van der Waals surface area contributed by atoms with Gasteiger partial charge in [-0.25, -0.2) is 0 Å². The second kappa shape index (κ2) is 23.4. The molecule has 0 bridgehead atoms. The predicted octanol–water partition coefficient (Wildman–Crippen LogP) is -4.25. The molecule has 0 saturated carbocycles. The third-order valence-electron chi connectivity index (χ3n) is 0.894. The Morgan fingerprint density at radius 3 is 0.667 bits per heavy atom. The lowest BCUT2D eigenvalue weighted by Gasteiger charge is -2.18. The fraction of sp³-hybridized carbons (Fsp3) is 1.00. The fourth-order valence-electron chi connectivity index (χ4n) is 0.447. The molecule has 0 atom stereocenters. The van der Waals surface area contributed by atoms with E-state index >= 15 is 0 Å². The van der Waals surface area contributed by atoms with Gasteiger partial charge in [-0.2, -0.15) is 0 Å². The van der Waals surface area contributed by atoms with Crippen LogP contribution in [0, 0.1) is 0 Å². The summed E-state index contributed by atoms with van der Waals surface area (Å²) in [6.07, 6.45) is 0. The summed E-state index contributed by atoms with van der Waals surface area (Å²) in [4.78, 5) is 18.6. The lowest BCUT2D eigenvalue weighted by molar-refractivity contribution is -1.47. The molecule has 11 N–H and O–H groups in total. The molecule has 0 amide bonds. The highest BCUT2D eigenvalue weighted by Gasteiger charge is 2.31. The Hall–Kier alpha value is -0.440. The van der Waals surface area contributed by atoms with Crippen LogP contribution in [0.25, 0.3) is 0 Å². The number of quaternary nitrogens is 1. The topological polar surface area (TPSA) is 224 Å². The van der Waals surface area contributed by atoms with Gasteiger partial charge < -0.3 is 32.9 Å². The van der Waals surface area contributed by atoms with Crippen molar-refractivity contribution < 1.29 is 57.3 Å². The standard InChI is InChI=1S/C4H12NO4.6H2O/c1-6-5(7-2,8-3)9-4;;;;;;/h1-4H3;6*1H2/q+1;;;;;;/p-1. The number of hydrogen-bond acceptors (Lipinski definition) is 5. The Balaban J connectivity index is -0.0000000213. The number of rotatable bonds is 4. The quantitative estimate of drug-likeness (QED) is 0.353. The highest BCUT2D eigenvalue weighted by Crippen LogP contribution is 2.05. The first-order valence-electron chi connectivity index (χ1n) is 2.36. The van der Waals surface area contributed by atoms with Crippen molar-refractivity contribution in [2.75, 3.05) is 28.4 Å². The molecule has 0 aromatic carbocycles. The van der Waals surface area contributed by atoms with E-state index in [1.165, 1.54) is 28.4 Å². The summed E-state index contributed by atoms with van der Waals surface area (Å²) in [5.74, 6) is 0. The van der Waals surface area contributed by atoms with Crippen LogP contribution in [0.5, 0.6) is 0 Å². The van der Waals surface area contributed by atoms with E-state index < -0.39 is 5.14 Å². The molecular weight excluding hydrogens is 222 g/mol. The molecule has 0 unspecified atom stereocenters. The molecule has 11 nitrogen and oxygen atoms in total. The Morgan fingerprint density at radius 2 is 0.667 bits per heavy atom. The van der Waals surface area contributed by atoms with Crippen LogP contribution in [0.15, 0.2) is 0 Å². The van der Waals surface area contributed by atoms with Crippen LogP contribution >= 0.6 is 0 Å². The molecule has 0 radical (unpaired) electrons. The molecule has 11 heteroatoms. The zero-order chi connectivity index (χ0) is 7.33. The Bertz CT molecular complexity index is 60.3. The van der Waals surface area contributed by atoms with Crippen LogP contribution < -0.4 is 0 Å². The Kier molecular flexibility index (Phi) is 73.1. The minimum atomic E-state index is -0.722. The minimum absolute atomic E-state index is 0. The van der Waals surface area contributed by atoms with Gasteiger partial charge in [-0.05, 0) is 0 Å². The van der Waals surface area contributed by atoms with Crippen LogP contribution in [0.1, 0.15) is 0 Å². The van der Waals surface area contributed by atoms with Crippen molar-refractivity contribution in [1.82, 2.24) is 0 Å². The molecule has 0 spiro atoms. The summed E-state index contributed by atoms with van der Waals surface area (Å²) >= 11 is 0. The predicted molar refractivity (Wildman–Crippen MR) is 48.3 cm³/mol. The van der Waals surface area contributed by atoms with Crippen LogP contribution in [-0.2, 0) is 19.4 Å². The van der Waals surface area contributed by atoms with E-state index in [1.807, 2.05) is 0 Å². The second-order valence-corrected chi connectivity index (χ2v) is 1.18. The summed E-state index contributed by atoms with van der Waals surface area (Å²) in [6.45, 7) is 0. The SMILES string of the molecule is CO[N+](OC)(OC)OC.O.O.O.O.O.[OH-]. The van der Waals surface area contributed by atoms with Gasteiger partial charge in [0.25, 0.3) is 0 Å². The van der Waals surface area contributed by atoms with Crippen molar-refractivity contribution in [3.8, 4) is 0 Å². The molecule has 0 aliphatic heterocycles. The van der Waals surface area contributed by atoms with Crippen molar-refractivity contribution in [2.45, 2.75) is 0 Å². The van der Waals surface area contributed by atoms with Gasteiger partial charge in [-0.15, -0.1) is 0 Å². The van der Waals surface area contributed by atoms with Crippen LogP contribution in [0.4, 0.5) is 0 Å². The monoisotopic (exact) mass is 245 g/mol. The maximum Gasteiger partial charge on any atom is 0.246 e. The molecule has 0 aliphatic rings. The van der Waals surface area contributed by atoms with E-state index in [1.54, 1.807) is 0 Å². The number of hydrogen-bond donors (Lipinski definition) is 0. The van der Waals surface area contributed by atoms with E-state index in [0.717, 1.165) is 0 Å². The average molecular weight is 245 g/mol. The first-order chi connectivity index (χ1) is 4.24. The van der Waals surface area contributed by atoms with E-state index in [2.05, 4.69) is 19.4 Å². The van der Waals surface area contributed by atoms with Gasteiger partial charge in [0.1, 0.15) is 28.4 Å². The second-order valence-electron chi connectivity index (χ2n) is 1.18. The molecule has 0 aromatic rings. The maximum atomic E-state index is 4.66. The third-order valence-corrected chi connectivity index (χ3v) is 0.894. The van der Waals surface area contributed by atoms with E-state index in [9.17, 15) is 0 Å². The van der Waals surface area contributed by atoms with Gasteiger partial charge in [-0.3, -0.25) is 0 Å². The van der Waals surface area contributed by atoms with Crippen molar-refractivity contribution >= 4 is 0 Å². The Morgan fingerprint density at radius 1 is 0.533 bits per heavy atom. The molecule has 0 saturated heterocycles. The van der Waals surface area contributed by atoms with Crippen molar-refractivity contribution in [3.05, 3.63) is 0 Å². The molecule has 15 heavy (non-hydrogen) atoms. The van der Waals surface area contributed by atoms with Crippen LogP contribution in [0.3, 0.4) is 0 Å². The first kappa shape index (κ1) is 46.8. The molecule has 0 rings (SSSR count). The molecule has 0 aromatic heterocycles. The molecule has 0 fully saturated rings. The van der Waals surface area contributed by atoms with Gasteiger partial charge in [0.2, 0.25) is 5.14 Å². The molecule has 0 aliphatic carbocycles. The van der Waals surface area contributed by atoms with Gasteiger partial charge in [0.15, 0.2) is 0 Å². The average Bonchev–Trinajstić information content (AvgIpc) is 1.95. The van der Waals surface area contributed by atoms with Gasteiger partial charge in [0, 0.05) is 0 Å². The van der Waals surface area contributed by atoms with Crippen molar-refractivity contribution in [2.24, 2.45) is 0 Å². The highest BCUT2D eigenvalue weighted by atomic mass is 17.4. The van der Waals surface area contributed by atoms with E-state index in [0.29, 0.717) is 0 Å². The summed E-state index contributed by atoms with van der Waals surface area (Å²) in [5.41, 5.74) is 0. The van der Waals surface area contributed by atoms with Gasteiger partial charge in [-0.1, -0.05) is 19.4 Å². The van der Waals surface area contributed by atoms with E-state index in [-0.39, 0.29) is 32.9 Å². The first-order valence-corrected chi connectivity index (χ1v) is 2.36. The zero-order valence-electron chi connectivity index (χ0n) is 9.03. The van der Waals surface area contributed by atoms with Crippen molar-refractivity contribution in [3.63, 3.8) is 0 Å². The summed E-state index contributed by atoms with van der Waals surface area (Å²) in [6, 6.07) is 0. The summed E-state index contributed by atoms with van der Waals surface area (Å²) < 4.78 is 0. The number of nitrogens with zero attached hydrogens (tertiary/aromatic N) is 1. The molecule has 104 valence electrons. The highest BCUT2D eigenvalue weighted by molar-refractivity contribution is 3.56. The maximum absolute atomic E-state index is 4.66. The normalized spacial score (nSPS) is 7.20. The summed E-state index contributed by atoms with van der Waals surface area (Å²) in [7, 11) is 5.60. The zero-order valence-corrected chi connectivity index (χ0v) is 9.03. The van der Waals surface area contributed by atoms with Crippen molar-refractivity contribution in [1.29, 1.82) is 0 Å². The minimum Gasteiger partial charge on any atom is -0.870 e. The lowest BCUT2D eigenvalue weighted by atomic mass is 11.6. The van der Waals surface area contributed by atoms with E-state index in [4.69, 9.17) is 0 Å². The molecule has 0 heterocycles. The summed E-state index contributed by atoms with van der Waals surface area (Å²) in [5, 5.41) is -0.722. The lowest BCUT2D eigenvalue weighted by Crippen LogP contribution is -2.43. The fourth-order valence-corrected chi connectivity index (χ4v) is 0.447. The van der Waals surface area contributed by atoms with Gasteiger partial charge >= 0.3 is 0 Å². The van der Waals surface area contributed by atoms with Gasteiger partial charge in [0.05, 0.1) is 0 Å². The molecular formula is C4H23NO10.